The SMILES string of the molecule is CC(C)c1cc(O)c(-c2cc(C(=O)O)[nH]n2)cc1Br. The maximum absolute atomic E-state index is 10.8. The van der Waals surface area contributed by atoms with E-state index in [0.717, 1.165) is 10.0 Å². The molecule has 0 saturated carbocycles. The summed E-state index contributed by atoms with van der Waals surface area (Å²) in [6.45, 7) is 4.05. The predicted molar refractivity (Wildman–Crippen MR) is 74.4 cm³/mol. The lowest BCUT2D eigenvalue weighted by Gasteiger charge is -2.11. The molecular weight excluding hydrogens is 312 g/mol. The van der Waals surface area contributed by atoms with E-state index >= 15 is 0 Å². The topological polar surface area (TPSA) is 86.2 Å². The van der Waals surface area contributed by atoms with Gasteiger partial charge in [-0.1, -0.05) is 29.8 Å². The van der Waals surface area contributed by atoms with Crippen molar-refractivity contribution in [2.75, 3.05) is 0 Å². The average molecular weight is 325 g/mol. The van der Waals surface area contributed by atoms with E-state index in [4.69, 9.17) is 5.11 Å². The summed E-state index contributed by atoms with van der Waals surface area (Å²) < 4.78 is 0.857. The van der Waals surface area contributed by atoms with Gasteiger partial charge < -0.3 is 10.2 Å². The van der Waals surface area contributed by atoms with Gasteiger partial charge in [0.25, 0.3) is 0 Å². The van der Waals surface area contributed by atoms with Crippen molar-refractivity contribution in [2.45, 2.75) is 19.8 Å². The Kier molecular flexibility index (Phi) is 3.61. The lowest BCUT2D eigenvalue weighted by molar-refractivity contribution is 0.0690. The molecule has 0 radical (unpaired) electrons. The van der Waals surface area contributed by atoms with E-state index in [1.807, 2.05) is 13.8 Å². The number of benzene rings is 1. The number of rotatable bonds is 3. The molecule has 0 aliphatic carbocycles. The third-order valence-corrected chi connectivity index (χ3v) is 3.51. The summed E-state index contributed by atoms with van der Waals surface area (Å²) in [6.07, 6.45) is 0. The molecule has 100 valence electrons. The quantitative estimate of drug-likeness (QED) is 0.807. The summed E-state index contributed by atoms with van der Waals surface area (Å²) in [5.41, 5.74) is 1.85. The van der Waals surface area contributed by atoms with Crippen LogP contribution in [0.1, 0.15) is 35.8 Å². The van der Waals surface area contributed by atoms with Crippen LogP contribution in [0.4, 0.5) is 0 Å². The Bertz CT molecular complexity index is 635. The van der Waals surface area contributed by atoms with Crippen LogP contribution in [0.3, 0.4) is 0 Å². The highest BCUT2D eigenvalue weighted by molar-refractivity contribution is 9.10. The lowest BCUT2D eigenvalue weighted by atomic mass is 10.00. The minimum atomic E-state index is -1.09. The van der Waals surface area contributed by atoms with E-state index in [2.05, 4.69) is 26.1 Å². The maximum atomic E-state index is 10.8. The van der Waals surface area contributed by atoms with Gasteiger partial charge in [-0.25, -0.2) is 4.79 Å². The van der Waals surface area contributed by atoms with Gasteiger partial charge >= 0.3 is 5.97 Å². The van der Waals surface area contributed by atoms with Gasteiger partial charge in [-0.3, -0.25) is 5.10 Å². The highest BCUT2D eigenvalue weighted by atomic mass is 79.9. The Hall–Kier alpha value is -1.82. The highest BCUT2D eigenvalue weighted by Gasteiger charge is 2.15. The van der Waals surface area contributed by atoms with Crippen LogP contribution in [0.15, 0.2) is 22.7 Å². The summed E-state index contributed by atoms with van der Waals surface area (Å²) in [5.74, 6) is -0.741. The molecule has 0 unspecified atom stereocenters. The van der Waals surface area contributed by atoms with Crippen molar-refractivity contribution in [1.29, 1.82) is 0 Å². The summed E-state index contributed by atoms with van der Waals surface area (Å²) in [6, 6.07) is 4.80. The molecule has 3 N–H and O–H groups in total. The number of nitrogens with zero attached hydrogens (tertiary/aromatic N) is 1. The van der Waals surface area contributed by atoms with Crippen molar-refractivity contribution in [3.63, 3.8) is 0 Å². The van der Waals surface area contributed by atoms with E-state index in [1.165, 1.54) is 6.07 Å². The van der Waals surface area contributed by atoms with Gasteiger partial charge in [0.15, 0.2) is 0 Å². The first kappa shape index (κ1) is 13.6. The number of carboxylic acid groups (broad SMARTS) is 1. The number of carboxylic acids is 1. The minimum Gasteiger partial charge on any atom is -0.507 e. The molecule has 0 atom stereocenters. The van der Waals surface area contributed by atoms with Gasteiger partial charge in [0, 0.05) is 10.0 Å². The first-order valence-corrected chi connectivity index (χ1v) is 6.51. The molecule has 0 saturated heterocycles. The zero-order valence-corrected chi connectivity index (χ0v) is 12.0. The summed E-state index contributed by atoms with van der Waals surface area (Å²) in [7, 11) is 0. The molecule has 0 bridgehead atoms. The van der Waals surface area contributed by atoms with Crippen molar-refractivity contribution in [1.82, 2.24) is 10.2 Å². The van der Waals surface area contributed by atoms with Crippen LogP contribution >= 0.6 is 15.9 Å². The normalized spacial score (nSPS) is 10.9. The second-order valence-electron chi connectivity index (χ2n) is 4.52. The van der Waals surface area contributed by atoms with Gasteiger partial charge in [0.05, 0.1) is 5.69 Å². The number of aromatic hydroxyl groups is 1. The Morgan fingerprint density at radius 1 is 1.37 bits per heavy atom. The first-order chi connectivity index (χ1) is 8.90. The van der Waals surface area contributed by atoms with Crippen LogP contribution in [0.25, 0.3) is 11.3 Å². The zero-order chi connectivity index (χ0) is 14.2. The molecule has 1 aromatic carbocycles. The number of phenols is 1. The molecular formula is C13H13BrN2O3. The number of nitrogens with one attached hydrogen (secondary N) is 1. The van der Waals surface area contributed by atoms with Crippen molar-refractivity contribution in [3.05, 3.63) is 33.9 Å². The molecule has 0 aliphatic rings. The van der Waals surface area contributed by atoms with E-state index in [0.29, 0.717) is 11.3 Å². The number of halogens is 1. The Morgan fingerprint density at radius 2 is 2.05 bits per heavy atom. The first-order valence-electron chi connectivity index (χ1n) is 5.71. The number of hydrogen-bond donors (Lipinski definition) is 3. The molecule has 2 rings (SSSR count). The van der Waals surface area contributed by atoms with Gasteiger partial charge in [-0.2, -0.15) is 5.10 Å². The molecule has 6 heteroatoms. The average Bonchev–Trinajstić information content (AvgIpc) is 2.80. The van der Waals surface area contributed by atoms with Crippen LogP contribution in [0, 0.1) is 0 Å². The number of carbonyl (C=O) groups is 1. The van der Waals surface area contributed by atoms with E-state index < -0.39 is 5.97 Å². The fourth-order valence-electron chi connectivity index (χ4n) is 1.79. The summed E-state index contributed by atoms with van der Waals surface area (Å²) in [4.78, 5) is 10.8. The molecule has 1 heterocycles. The Labute approximate surface area is 118 Å². The molecule has 0 spiro atoms. The van der Waals surface area contributed by atoms with Crippen LogP contribution in [0.2, 0.25) is 0 Å². The van der Waals surface area contributed by atoms with Crippen molar-refractivity contribution in [3.8, 4) is 17.0 Å². The summed E-state index contributed by atoms with van der Waals surface area (Å²) in [5, 5.41) is 25.2. The number of aromatic amines is 1. The van der Waals surface area contributed by atoms with Crippen molar-refractivity contribution >= 4 is 21.9 Å². The van der Waals surface area contributed by atoms with Crippen LogP contribution < -0.4 is 0 Å². The lowest BCUT2D eigenvalue weighted by Crippen LogP contribution is -1.95. The van der Waals surface area contributed by atoms with Gasteiger partial charge in [0.2, 0.25) is 0 Å². The Balaban J connectivity index is 2.50. The zero-order valence-electron chi connectivity index (χ0n) is 10.4. The maximum Gasteiger partial charge on any atom is 0.353 e. The summed E-state index contributed by atoms with van der Waals surface area (Å²) >= 11 is 3.45. The van der Waals surface area contributed by atoms with E-state index in [1.54, 1.807) is 12.1 Å². The molecule has 19 heavy (non-hydrogen) atoms. The molecule has 0 amide bonds. The Morgan fingerprint density at radius 3 is 2.58 bits per heavy atom. The second-order valence-corrected chi connectivity index (χ2v) is 5.37. The number of phenolic OH excluding ortho intramolecular Hbond substituents is 1. The monoisotopic (exact) mass is 324 g/mol. The van der Waals surface area contributed by atoms with Gasteiger partial charge in [0.1, 0.15) is 11.4 Å². The minimum absolute atomic E-state index is 0.0153. The second kappa shape index (κ2) is 5.05. The van der Waals surface area contributed by atoms with Crippen LogP contribution in [-0.2, 0) is 0 Å². The van der Waals surface area contributed by atoms with E-state index in [9.17, 15) is 9.90 Å². The molecule has 1 aromatic heterocycles. The fourth-order valence-corrected chi connectivity index (χ4v) is 2.60. The van der Waals surface area contributed by atoms with Crippen LogP contribution in [0.5, 0.6) is 5.75 Å². The smallest absolute Gasteiger partial charge is 0.353 e. The molecule has 0 fully saturated rings. The standard InChI is InChI=1S/C13H13BrN2O3/c1-6(2)7-4-12(17)8(3-9(7)14)10-5-11(13(18)19)16-15-10/h3-6,17H,1-2H3,(H,15,16)(H,18,19). The largest absolute Gasteiger partial charge is 0.507 e. The number of hydrogen-bond acceptors (Lipinski definition) is 3. The fraction of sp³-hybridized carbons (Fsp3) is 0.231. The van der Waals surface area contributed by atoms with E-state index in [-0.39, 0.29) is 17.4 Å². The number of H-pyrrole nitrogens is 1. The number of aromatic carboxylic acids is 1. The molecule has 0 aliphatic heterocycles. The molecule has 2 aromatic rings. The molecule has 5 nitrogen and oxygen atoms in total. The van der Waals surface area contributed by atoms with Gasteiger partial charge in [-0.05, 0) is 29.7 Å². The van der Waals surface area contributed by atoms with Crippen molar-refractivity contribution in [2.24, 2.45) is 0 Å². The van der Waals surface area contributed by atoms with Crippen molar-refractivity contribution < 1.29 is 15.0 Å². The third-order valence-electron chi connectivity index (χ3n) is 2.82. The van der Waals surface area contributed by atoms with Crippen LogP contribution in [-0.4, -0.2) is 26.4 Å². The third kappa shape index (κ3) is 2.63. The van der Waals surface area contributed by atoms with Gasteiger partial charge in [-0.15, -0.1) is 0 Å². The highest BCUT2D eigenvalue weighted by Crippen LogP contribution is 2.36. The predicted octanol–water partition coefficient (Wildman–Crippen LogP) is 3.37. The number of aromatic nitrogens is 2.